The van der Waals surface area contributed by atoms with E-state index >= 15 is 0 Å². The maximum Gasteiger partial charge on any atom is 0.241 e. The molecule has 7 nitrogen and oxygen atoms in total. The van der Waals surface area contributed by atoms with Crippen LogP contribution in [0.4, 0.5) is 10.1 Å². The summed E-state index contributed by atoms with van der Waals surface area (Å²) in [6.45, 7) is 5.96. The van der Waals surface area contributed by atoms with E-state index < -0.39 is 22.0 Å². The Hall–Kier alpha value is -2.78. The minimum absolute atomic E-state index is 0.0572. The summed E-state index contributed by atoms with van der Waals surface area (Å²) in [7, 11) is -3.96. The molecule has 0 saturated heterocycles. The van der Waals surface area contributed by atoms with Gasteiger partial charge in [0.05, 0.1) is 4.90 Å². The number of carbonyl (C=O) groups is 2. The standard InChI is InChI=1S/C23H28FN3O4S/c1-15(2)12-21(23(29)25-14-17-4-6-19(24)7-5-17)26-32(30,31)20-8-9-22-18(13-20)10-11-27(22)16(3)28/h4-9,13,15,21,26H,10-12,14H2,1-3H3,(H,25,29)/t21-/m1/s1. The molecule has 0 aromatic heterocycles. The number of hydrogen-bond acceptors (Lipinski definition) is 4. The highest BCUT2D eigenvalue weighted by Gasteiger charge is 2.29. The molecule has 1 aliphatic heterocycles. The number of nitrogens with one attached hydrogen (secondary N) is 2. The van der Waals surface area contributed by atoms with Crippen molar-refractivity contribution in [2.45, 2.75) is 51.1 Å². The number of rotatable bonds is 8. The summed E-state index contributed by atoms with van der Waals surface area (Å²) in [5.41, 5.74) is 2.20. The van der Waals surface area contributed by atoms with E-state index in [4.69, 9.17) is 0 Å². The highest BCUT2D eigenvalue weighted by atomic mass is 32.2. The van der Waals surface area contributed by atoms with E-state index in [1.807, 2.05) is 13.8 Å². The van der Waals surface area contributed by atoms with Crippen molar-refractivity contribution in [2.75, 3.05) is 11.4 Å². The zero-order valence-electron chi connectivity index (χ0n) is 18.4. The first-order valence-corrected chi connectivity index (χ1v) is 12.0. The number of fused-ring (bicyclic) bond motifs is 1. The molecule has 2 aromatic carbocycles. The summed E-state index contributed by atoms with van der Waals surface area (Å²) >= 11 is 0. The number of hydrogen-bond donors (Lipinski definition) is 2. The second-order valence-corrected chi connectivity index (χ2v) is 10.1. The Morgan fingerprint density at radius 2 is 1.81 bits per heavy atom. The van der Waals surface area contributed by atoms with Gasteiger partial charge in [0.2, 0.25) is 21.8 Å². The number of anilines is 1. The van der Waals surface area contributed by atoms with Crippen LogP contribution in [-0.4, -0.2) is 32.8 Å². The van der Waals surface area contributed by atoms with Gasteiger partial charge in [0, 0.05) is 25.7 Å². The lowest BCUT2D eigenvalue weighted by molar-refractivity contribution is -0.123. The van der Waals surface area contributed by atoms with Crippen LogP contribution in [0.1, 0.15) is 38.3 Å². The Balaban J connectivity index is 1.74. The van der Waals surface area contributed by atoms with Crippen LogP contribution in [0.15, 0.2) is 47.4 Å². The normalized spacial score (nSPS) is 14.3. The van der Waals surface area contributed by atoms with E-state index in [-0.39, 0.29) is 29.1 Å². The number of amides is 2. The van der Waals surface area contributed by atoms with Crippen molar-refractivity contribution < 1.29 is 22.4 Å². The first kappa shape index (κ1) is 23.9. The predicted molar refractivity (Wildman–Crippen MR) is 120 cm³/mol. The first-order valence-electron chi connectivity index (χ1n) is 10.5. The van der Waals surface area contributed by atoms with Crippen molar-refractivity contribution in [1.82, 2.24) is 10.0 Å². The molecule has 0 unspecified atom stereocenters. The van der Waals surface area contributed by atoms with Gasteiger partial charge in [-0.1, -0.05) is 26.0 Å². The summed E-state index contributed by atoms with van der Waals surface area (Å²) in [6, 6.07) is 9.41. The van der Waals surface area contributed by atoms with Crippen molar-refractivity contribution >= 4 is 27.5 Å². The third-order valence-electron chi connectivity index (χ3n) is 5.34. The molecule has 3 rings (SSSR count). The average Bonchev–Trinajstić information content (AvgIpc) is 3.16. The molecule has 172 valence electrons. The Labute approximate surface area is 188 Å². The third kappa shape index (κ3) is 5.72. The molecule has 1 atom stereocenters. The zero-order valence-corrected chi connectivity index (χ0v) is 19.2. The topological polar surface area (TPSA) is 95.6 Å². The summed E-state index contributed by atoms with van der Waals surface area (Å²) < 4.78 is 41.7. The van der Waals surface area contributed by atoms with Crippen LogP contribution in [0, 0.1) is 11.7 Å². The molecule has 1 aliphatic rings. The lowest BCUT2D eigenvalue weighted by Gasteiger charge is -2.21. The summed E-state index contributed by atoms with van der Waals surface area (Å²) in [5.74, 6) is -0.836. The molecule has 9 heteroatoms. The fraction of sp³-hybridized carbons (Fsp3) is 0.391. The highest BCUT2D eigenvalue weighted by Crippen LogP contribution is 2.30. The van der Waals surface area contributed by atoms with Crippen molar-refractivity contribution in [1.29, 1.82) is 0 Å². The fourth-order valence-corrected chi connectivity index (χ4v) is 4.98. The Bertz CT molecular complexity index is 1100. The van der Waals surface area contributed by atoms with Crippen molar-refractivity contribution in [3.05, 3.63) is 59.4 Å². The van der Waals surface area contributed by atoms with Crippen molar-refractivity contribution in [2.24, 2.45) is 5.92 Å². The van der Waals surface area contributed by atoms with Gasteiger partial charge in [-0.25, -0.2) is 12.8 Å². The molecule has 32 heavy (non-hydrogen) atoms. The highest BCUT2D eigenvalue weighted by molar-refractivity contribution is 7.89. The van der Waals surface area contributed by atoms with Gasteiger partial charge in [-0.15, -0.1) is 0 Å². The number of halogens is 1. The van der Waals surface area contributed by atoms with Crippen LogP contribution in [0.5, 0.6) is 0 Å². The maximum atomic E-state index is 13.1. The molecule has 2 N–H and O–H groups in total. The van der Waals surface area contributed by atoms with E-state index in [2.05, 4.69) is 10.0 Å². The van der Waals surface area contributed by atoms with Crippen LogP contribution < -0.4 is 14.9 Å². The van der Waals surface area contributed by atoms with Gasteiger partial charge in [0.25, 0.3) is 0 Å². The van der Waals surface area contributed by atoms with E-state index in [0.29, 0.717) is 30.6 Å². The lowest BCUT2D eigenvalue weighted by atomic mass is 10.0. The van der Waals surface area contributed by atoms with Gasteiger partial charge in [-0.05, 0) is 60.2 Å². The number of benzene rings is 2. The molecule has 0 radical (unpaired) electrons. The summed E-state index contributed by atoms with van der Waals surface area (Å²) in [6.07, 6.45) is 0.892. The molecule has 0 saturated carbocycles. The predicted octanol–water partition coefficient (Wildman–Crippen LogP) is 2.74. The minimum Gasteiger partial charge on any atom is -0.351 e. The Kier molecular flexibility index (Phi) is 7.30. The van der Waals surface area contributed by atoms with E-state index in [1.165, 1.54) is 25.1 Å². The quantitative estimate of drug-likeness (QED) is 0.632. The largest absolute Gasteiger partial charge is 0.351 e. The Morgan fingerprint density at radius 1 is 1.12 bits per heavy atom. The molecule has 0 fully saturated rings. The van der Waals surface area contributed by atoms with Gasteiger partial charge in [0.15, 0.2) is 0 Å². The van der Waals surface area contributed by atoms with Crippen LogP contribution in [-0.2, 0) is 32.6 Å². The molecule has 2 aromatic rings. The van der Waals surface area contributed by atoms with Crippen LogP contribution in [0.2, 0.25) is 0 Å². The molecule has 1 heterocycles. The number of nitrogens with zero attached hydrogens (tertiary/aromatic N) is 1. The molecule has 0 aliphatic carbocycles. The first-order chi connectivity index (χ1) is 15.1. The van der Waals surface area contributed by atoms with Crippen LogP contribution >= 0.6 is 0 Å². The zero-order chi connectivity index (χ0) is 23.5. The van der Waals surface area contributed by atoms with Crippen LogP contribution in [0.3, 0.4) is 0 Å². The van der Waals surface area contributed by atoms with Crippen molar-refractivity contribution in [3.8, 4) is 0 Å². The molecule has 0 bridgehead atoms. The third-order valence-corrected chi connectivity index (χ3v) is 6.81. The maximum absolute atomic E-state index is 13.1. The Morgan fingerprint density at radius 3 is 2.44 bits per heavy atom. The summed E-state index contributed by atoms with van der Waals surface area (Å²) in [5, 5.41) is 2.73. The monoisotopic (exact) mass is 461 g/mol. The second kappa shape index (κ2) is 9.79. The number of sulfonamides is 1. The van der Waals surface area contributed by atoms with Gasteiger partial charge < -0.3 is 10.2 Å². The molecule has 0 spiro atoms. The van der Waals surface area contributed by atoms with Gasteiger partial charge in [-0.2, -0.15) is 4.72 Å². The lowest BCUT2D eigenvalue weighted by Crippen LogP contribution is -2.47. The fourth-order valence-electron chi connectivity index (χ4n) is 3.72. The SMILES string of the molecule is CC(=O)N1CCc2cc(S(=O)(=O)N[C@H](CC(C)C)C(=O)NCc3ccc(F)cc3)ccc21. The van der Waals surface area contributed by atoms with Crippen molar-refractivity contribution in [3.63, 3.8) is 0 Å². The van der Waals surface area contributed by atoms with Gasteiger partial charge in [0.1, 0.15) is 11.9 Å². The molecule has 2 amide bonds. The minimum atomic E-state index is -3.96. The average molecular weight is 462 g/mol. The number of carbonyl (C=O) groups excluding carboxylic acids is 2. The smallest absolute Gasteiger partial charge is 0.241 e. The van der Waals surface area contributed by atoms with E-state index in [1.54, 1.807) is 29.2 Å². The van der Waals surface area contributed by atoms with Gasteiger partial charge in [-0.3, -0.25) is 9.59 Å². The second-order valence-electron chi connectivity index (χ2n) is 8.36. The van der Waals surface area contributed by atoms with Gasteiger partial charge >= 0.3 is 0 Å². The summed E-state index contributed by atoms with van der Waals surface area (Å²) in [4.78, 5) is 26.2. The molecular formula is C23H28FN3O4S. The van der Waals surface area contributed by atoms with E-state index in [9.17, 15) is 22.4 Å². The van der Waals surface area contributed by atoms with Crippen LogP contribution in [0.25, 0.3) is 0 Å². The molecular weight excluding hydrogens is 433 g/mol. The van der Waals surface area contributed by atoms with E-state index in [0.717, 1.165) is 5.56 Å².